The van der Waals surface area contributed by atoms with Crippen LogP contribution >= 0.6 is 11.6 Å². The second kappa shape index (κ2) is 6.38. The second-order valence-corrected chi connectivity index (χ2v) is 6.78. The number of hydrogen-bond donors (Lipinski definition) is 0. The van der Waals surface area contributed by atoms with Gasteiger partial charge in [0.1, 0.15) is 0 Å². The highest BCUT2D eigenvalue weighted by atomic mass is 35.5. The van der Waals surface area contributed by atoms with E-state index in [0.717, 1.165) is 22.8 Å². The molecule has 0 atom stereocenters. The monoisotopic (exact) mass is 346 g/mol. The summed E-state index contributed by atoms with van der Waals surface area (Å²) in [6.07, 6.45) is 1.89. The molecule has 0 bridgehead atoms. The van der Waals surface area contributed by atoms with E-state index in [1.165, 1.54) is 27.7 Å². The lowest BCUT2D eigenvalue weighted by Gasteiger charge is -2.12. The SMILES string of the molecule is Cc1c(C)n(Cc2ccccc2)c2c(-c3ccc(Cl)cc3)nccc12. The Hall–Kier alpha value is -2.58. The molecule has 0 unspecified atom stereocenters. The lowest BCUT2D eigenvalue weighted by Crippen LogP contribution is -2.03. The Morgan fingerprint density at radius 3 is 2.36 bits per heavy atom. The van der Waals surface area contributed by atoms with Crippen LogP contribution in [0.3, 0.4) is 0 Å². The molecular weight excluding hydrogens is 328 g/mol. The fraction of sp³-hybridized carbons (Fsp3) is 0.136. The van der Waals surface area contributed by atoms with Gasteiger partial charge in [0.2, 0.25) is 0 Å². The Bertz CT molecular complexity index is 1030. The first-order chi connectivity index (χ1) is 12.1. The van der Waals surface area contributed by atoms with Crippen molar-refractivity contribution in [3.05, 3.63) is 88.7 Å². The van der Waals surface area contributed by atoms with Gasteiger partial charge in [-0.3, -0.25) is 4.98 Å². The van der Waals surface area contributed by atoms with E-state index in [4.69, 9.17) is 16.6 Å². The molecule has 0 aliphatic rings. The van der Waals surface area contributed by atoms with Gasteiger partial charge in [0.05, 0.1) is 11.2 Å². The van der Waals surface area contributed by atoms with E-state index in [1.807, 2.05) is 30.5 Å². The number of pyridine rings is 1. The highest BCUT2D eigenvalue weighted by Crippen LogP contribution is 2.33. The molecule has 2 aromatic heterocycles. The molecule has 25 heavy (non-hydrogen) atoms. The van der Waals surface area contributed by atoms with E-state index in [9.17, 15) is 0 Å². The second-order valence-electron chi connectivity index (χ2n) is 6.34. The number of nitrogens with zero attached hydrogens (tertiary/aromatic N) is 2. The van der Waals surface area contributed by atoms with Crippen LogP contribution in [0.5, 0.6) is 0 Å². The summed E-state index contributed by atoms with van der Waals surface area (Å²) in [5.41, 5.74) is 7.14. The number of aromatic nitrogens is 2. The molecule has 0 aliphatic carbocycles. The summed E-state index contributed by atoms with van der Waals surface area (Å²) in [5, 5.41) is 2.00. The smallest absolute Gasteiger partial charge is 0.0945 e. The predicted molar refractivity (Wildman–Crippen MR) is 105 cm³/mol. The van der Waals surface area contributed by atoms with Crippen LogP contribution in [-0.2, 0) is 6.54 Å². The van der Waals surface area contributed by atoms with Crippen LogP contribution in [0.2, 0.25) is 5.02 Å². The van der Waals surface area contributed by atoms with Crippen LogP contribution in [-0.4, -0.2) is 9.55 Å². The number of benzene rings is 2. The van der Waals surface area contributed by atoms with Gasteiger partial charge in [0, 0.05) is 34.4 Å². The van der Waals surface area contributed by atoms with Gasteiger partial charge < -0.3 is 4.57 Å². The Labute approximate surface area is 152 Å². The molecule has 4 rings (SSSR count). The van der Waals surface area contributed by atoms with Crippen molar-refractivity contribution in [2.45, 2.75) is 20.4 Å². The van der Waals surface area contributed by atoms with Crippen LogP contribution in [0.25, 0.3) is 22.2 Å². The average molecular weight is 347 g/mol. The zero-order valence-corrected chi connectivity index (χ0v) is 15.1. The van der Waals surface area contributed by atoms with Gasteiger partial charge in [-0.05, 0) is 43.2 Å². The van der Waals surface area contributed by atoms with Gasteiger partial charge in [-0.25, -0.2) is 0 Å². The average Bonchev–Trinajstić information content (AvgIpc) is 2.88. The molecule has 4 aromatic rings. The Morgan fingerprint density at radius 2 is 1.64 bits per heavy atom. The lowest BCUT2D eigenvalue weighted by molar-refractivity contribution is 0.800. The molecule has 2 nitrogen and oxygen atoms in total. The van der Waals surface area contributed by atoms with E-state index in [1.54, 1.807) is 0 Å². The lowest BCUT2D eigenvalue weighted by atomic mass is 10.1. The van der Waals surface area contributed by atoms with Crippen LogP contribution in [0.15, 0.2) is 66.9 Å². The minimum Gasteiger partial charge on any atom is -0.338 e. The Balaban J connectivity index is 1.96. The third-order valence-corrected chi connectivity index (χ3v) is 5.10. The molecule has 0 fully saturated rings. The summed E-state index contributed by atoms with van der Waals surface area (Å²) in [6, 6.07) is 20.6. The standard InChI is InChI=1S/C22H19ClN2/c1-15-16(2)25(14-17-6-4-3-5-7-17)22-20(15)12-13-24-21(22)18-8-10-19(23)11-9-18/h3-13H,14H2,1-2H3. The number of aryl methyl sites for hydroxylation is 1. The molecule has 124 valence electrons. The fourth-order valence-corrected chi connectivity index (χ4v) is 3.50. The summed E-state index contributed by atoms with van der Waals surface area (Å²) in [7, 11) is 0. The van der Waals surface area contributed by atoms with Gasteiger partial charge in [-0.1, -0.05) is 54.1 Å². The summed E-state index contributed by atoms with van der Waals surface area (Å²) in [4.78, 5) is 4.70. The van der Waals surface area contributed by atoms with Gasteiger partial charge in [0.25, 0.3) is 0 Å². The summed E-state index contributed by atoms with van der Waals surface area (Å²) in [5.74, 6) is 0. The highest BCUT2D eigenvalue weighted by Gasteiger charge is 2.16. The first-order valence-corrected chi connectivity index (χ1v) is 8.77. The zero-order valence-electron chi connectivity index (χ0n) is 14.3. The predicted octanol–water partition coefficient (Wildman–Crippen LogP) is 6.02. The summed E-state index contributed by atoms with van der Waals surface area (Å²) in [6.45, 7) is 5.21. The molecule has 3 heteroatoms. The van der Waals surface area contributed by atoms with Crippen LogP contribution in [0.1, 0.15) is 16.8 Å². The van der Waals surface area contributed by atoms with Crippen LogP contribution < -0.4 is 0 Å². The van der Waals surface area contributed by atoms with E-state index >= 15 is 0 Å². The van der Waals surface area contributed by atoms with E-state index < -0.39 is 0 Å². The quantitative estimate of drug-likeness (QED) is 0.443. The zero-order chi connectivity index (χ0) is 17.4. The van der Waals surface area contributed by atoms with Crippen molar-refractivity contribution in [2.75, 3.05) is 0 Å². The van der Waals surface area contributed by atoms with Crippen molar-refractivity contribution in [1.82, 2.24) is 9.55 Å². The number of hydrogen-bond acceptors (Lipinski definition) is 1. The van der Waals surface area contributed by atoms with Crippen LogP contribution in [0, 0.1) is 13.8 Å². The fourth-order valence-electron chi connectivity index (χ4n) is 3.38. The Morgan fingerprint density at radius 1 is 0.920 bits per heavy atom. The van der Waals surface area contributed by atoms with Crippen LogP contribution in [0.4, 0.5) is 0 Å². The molecule has 0 amide bonds. The van der Waals surface area contributed by atoms with Gasteiger partial charge in [-0.2, -0.15) is 0 Å². The molecule has 0 spiro atoms. The molecule has 0 saturated heterocycles. The third kappa shape index (κ3) is 2.83. The maximum absolute atomic E-state index is 6.06. The molecule has 0 aliphatic heterocycles. The van der Waals surface area contributed by atoms with Crippen molar-refractivity contribution in [1.29, 1.82) is 0 Å². The molecule has 0 N–H and O–H groups in total. The molecule has 2 aromatic carbocycles. The van der Waals surface area contributed by atoms with E-state index in [0.29, 0.717) is 0 Å². The molecule has 0 radical (unpaired) electrons. The minimum absolute atomic E-state index is 0.739. The normalized spacial score (nSPS) is 11.2. The van der Waals surface area contributed by atoms with E-state index in [-0.39, 0.29) is 0 Å². The largest absolute Gasteiger partial charge is 0.338 e. The first-order valence-electron chi connectivity index (χ1n) is 8.39. The van der Waals surface area contributed by atoms with Crippen molar-refractivity contribution in [3.8, 4) is 11.3 Å². The first kappa shape index (κ1) is 15.9. The number of halogens is 1. The topological polar surface area (TPSA) is 17.8 Å². The van der Waals surface area contributed by atoms with Gasteiger partial charge in [0.15, 0.2) is 0 Å². The third-order valence-electron chi connectivity index (χ3n) is 4.85. The van der Waals surface area contributed by atoms with Crippen molar-refractivity contribution < 1.29 is 0 Å². The number of fused-ring (bicyclic) bond motifs is 1. The summed E-state index contributed by atoms with van der Waals surface area (Å²) >= 11 is 6.06. The minimum atomic E-state index is 0.739. The van der Waals surface area contributed by atoms with Crippen molar-refractivity contribution in [3.63, 3.8) is 0 Å². The van der Waals surface area contributed by atoms with Gasteiger partial charge >= 0.3 is 0 Å². The van der Waals surface area contributed by atoms with Crippen molar-refractivity contribution in [2.24, 2.45) is 0 Å². The van der Waals surface area contributed by atoms with Crippen molar-refractivity contribution >= 4 is 22.5 Å². The molecule has 0 saturated carbocycles. The Kier molecular flexibility index (Phi) is 4.06. The maximum Gasteiger partial charge on any atom is 0.0945 e. The number of rotatable bonds is 3. The maximum atomic E-state index is 6.06. The molecular formula is C22H19ClN2. The summed E-state index contributed by atoms with van der Waals surface area (Å²) < 4.78 is 2.37. The highest BCUT2D eigenvalue weighted by molar-refractivity contribution is 6.30. The van der Waals surface area contributed by atoms with Gasteiger partial charge in [-0.15, -0.1) is 0 Å². The van der Waals surface area contributed by atoms with E-state index in [2.05, 4.69) is 54.8 Å². The molecule has 2 heterocycles.